The third kappa shape index (κ3) is 3.44. The van der Waals surface area contributed by atoms with Gasteiger partial charge in [0, 0.05) is 32.0 Å². The molecule has 2 N–H and O–H groups in total. The van der Waals surface area contributed by atoms with Crippen LogP contribution in [0.3, 0.4) is 0 Å². The summed E-state index contributed by atoms with van der Waals surface area (Å²) in [6.45, 7) is 4.13. The van der Waals surface area contributed by atoms with Gasteiger partial charge in [-0.1, -0.05) is 0 Å². The zero-order valence-electron chi connectivity index (χ0n) is 12.1. The Morgan fingerprint density at radius 3 is 2.81 bits per heavy atom. The molecule has 0 saturated heterocycles. The van der Waals surface area contributed by atoms with Crippen LogP contribution >= 0.6 is 0 Å². The molecule has 0 fully saturated rings. The molecule has 21 heavy (non-hydrogen) atoms. The lowest BCUT2D eigenvalue weighted by Gasteiger charge is -2.16. The van der Waals surface area contributed by atoms with E-state index in [0.717, 1.165) is 0 Å². The summed E-state index contributed by atoms with van der Waals surface area (Å²) in [7, 11) is 1.67. The molecule has 2 aromatic rings. The fraction of sp³-hybridized carbons (Fsp3) is 0.417. The Hall–Kier alpha value is -2.71. The van der Waals surface area contributed by atoms with Gasteiger partial charge < -0.3 is 15.2 Å². The van der Waals surface area contributed by atoms with E-state index in [-0.39, 0.29) is 17.5 Å². The fourth-order valence-corrected chi connectivity index (χ4v) is 1.99. The van der Waals surface area contributed by atoms with Crippen molar-refractivity contribution in [3.8, 4) is 0 Å². The molecular formula is C12H17N7O2. The van der Waals surface area contributed by atoms with E-state index in [1.807, 2.05) is 17.7 Å². The van der Waals surface area contributed by atoms with E-state index in [1.54, 1.807) is 26.5 Å². The van der Waals surface area contributed by atoms with E-state index >= 15 is 0 Å². The van der Waals surface area contributed by atoms with Crippen molar-refractivity contribution < 1.29 is 4.92 Å². The van der Waals surface area contributed by atoms with Gasteiger partial charge in [0.15, 0.2) is 0 Å². The highest BCUT2D eigenvalue weighted by Crippen LogP contribution is 2.27. The Balaban J connectivity index is 2.24. The average molecular weight is 291 g/mol. The maximum absolute atomic E-state index is 11.2. The molecule has 0 spiro atoms. The van der Waals surface area contributed by atoms with Gasteiger partial charge in [0.25, 0.3) is 0 Å². The SMILES string of the molecule is CNc1nc(C)c([N+](=O)[O-])c(NC(C)Cn2ccnc2)n1. The molecule has 0 aliphatic heterocycles. The number of nitrogens with one attached hydrogen (secondary N) is 2. The minimum atomic E-state index is -0.471. The minimum Gasteiger partial charge on any atom is -0.360 e. The third-order valence-electron chi connectivity index (χ3n) is 2.89. The summed E-state index contributed by atoms with van der Waals surface area (Å²) in [6, 6.07) is -0.0584. The Bertz CT molecular complexity index is 627. The van der Waals surface area contributed by atoms with Gasteiger partial charge in [-0.15, -0.1) is 0 Å². The van der Waals surface area contributed by atoms with Crippen LogP contribution in [-0.2, 0) is 6.54 Å². The van der Waals surface area contributed by atoms with Gasteiger partial charge in [-0.25, -0.2) is 9.97 Å². The predicted molar refractivity (Wildman–Crippen MR) is 78.3 cm³/mol. The van der Waals surface area contributed by atoms with Crippen molar-refractivity contribution in [3.63, 3.8) is 0 Å². The summed E-state index contributed by atoms with van der Waals surface area (Å²) in [5.41, 5.74) is 0.211. The molecular weight excluding hydrogens is 274 g/mol. The number of imidazole rings is 1. The van der Waals surface area contributed by atoms with Crippen molar-refractivity contribution in [3.05, 3.63) is 34.5 Å². The topological polar surface area (TPSA) is 111 Å². The maximum atomic E-state index is 11.2. The molecule has 2 heterocycles. The number of hydrogen-bond donors (Lipinski definition) is 2. The van der Waals surface area contributed by atoms with Crippen LogP contribution in [0.15, 0.2) is 18.7 Å². The number of nitrogens with zero attached hydrogens (tertiary/aromatic N) is 5. The molecule has 0 bridgehead atoms. The van der Waals surface area contributed by atoms with Crippen LogP contribution in [0, 0.1) is 17.0 Å². The Kier molecular flexibility index (Phi) is 4.31. The second kappa shape index (κ2) is 6.16. The van der Waals surface area contributed by atoms with Crippen molar-refractivity contribution in [2.24, 2.45) is 0 Å². The van der Waals surface area contributed by atoms with E-state index in [4.69, 9.17) is 0 Å². The molecule has 0 aliphatic rings. The highest BCUT2D eigenvalue weighted by Gasteiger charge is 2.23. The molecule has 0 aliphatic carbocycles. The number of nitro groups is 1. The summed E-state index contributed by atoms with van der Waals surface area (Å²) in [4.78, 5) is 22.9. The van der Waals surface area contributed by atoms with Gasteiger partial charge in [-0.3, -0.25) is 10.1 Å². The van der Waals surface area contributed by atoms with Crippen LogP contribution in [0.1, 0.15) is 12.6 Å². The zero-order valence-corrected chi connectivity index (χ0v) is 12.1. The Labute approximate surface area is 121 Å². The third-order valence-corrected chi connectivity index (χ3v) is 2.89. The second-order valence-corrected chi connectivity index (χ2v) is 4.64. The van der Waals surface area contributed by atoms with E-state index in [0.29, 0.717) is 18.2 Å². The number of hydrogen-bond acceptors (Lipinski definition) is 7. The standard InChI is InChI=1S/C12H17N7O2/c1-8(6-18-5-4-14-7-18)15-11-10(19(20)21)9(2)16-12(13-3)17-11/h4-5,7-8H,6H2,1-3H3,(H2,13,15,16,17). The fourth-order valence-electron chi connectivity index (χ4n) is 1.99. The lowest BCUT2D eigenvalue weighted by molar-refractivity contribution is -0.385. The van der Waals surface area contributed by atoms with Crippen molar-refractivity contribution in [2.75, 3.05) is 17.7 Å². The van der Waals surface area contributed by atoms with E-state index in [2.05, 4.69) is 25.6 Å². The molecule has 2 aromatic heterocycles. The van der Waals surface area contributed by atoms with Crippen LogP contribution in [0.4, 0.5) is 17.5 Å². The Morgan fingerprint density at radius 1 is 1.48 bits per heavy atom. The summed E-state index contributed by atoms with van der Waals surface area (Å²) in [6.07, 6.45) is 5.21. The lowest BCUT2D eigenvalue weighted by Crippen LogP contribution is -2.23. The van der Waals surface area contributed by atoms with Crippen molar-refractivity contribution in [1.29, 1.82) is 0 Å². The molecule has 1 atom stereocenters. The molecule has 0 amide bonds. The summed E-state index contributed by atoms with van der Waals surface area (Å²) in [5.74, 6) is 0.555. The van der Waals surface area contributed by atoms with E-state index in [1.165, 1.54) is 0 Å². The zero-order chi connectivity index (χ0) is 15.4. The van der Waals surface area contributed by atoms with Crippen LogP contribution in [0.5, 0.6) is 0 Å². The van der Waals surface area contributed by atoms with Crippen LogP contribution in [-0.4, -0.2) is 37.5 Å². The maximum Gasteiger partial charge on any atom is 0.332 e. The van der Waals surface area contributed by atoms with Crippen molar-refractivity contribution in [2.45, 2.75) is 26.4 Å². The first-order valence-corrected chi connectivity index (χ1v) is 6.44. The predicted octanol–water partition coefficient (Wildman–Crippen LogP) is 1.43. The second-order valence-electron chi connectivity index (χ2n) is 4.64. The monoisotopic (exact) mass is 291 g/mol. The van der Waals surface area contributed by atoms with Gasteiger partial charge in [0.05, 0.1) is 11.3 Å². The largest absolute Gasteiger partial charge is 0.360 e. The van der Waals surface area contributed by atoms with Gasteiger partial charge in [0.2, 0.25) is 11.8 Å². The summed E-state index contributed by atoms with van der Waals surface area (Å²) in [5, 5.41) is 17.0. The number of aromatic nitrogens is 4. The average Bonchev–Trinajstić information content (AvgIpc) is 2.90. The van der Waals surface area contributed by atoms with Crippen molar-refractivity contribution >= 4 is 17.5 Å². The smallest absolute Gasteiger partial charge is 0.332 e. The quantitative estimate of drug-likeness (QED) is 0.611. The van der Waals surface area contributed by atoms with E-state index in [9.17, 15) is 10.1 Å². The molecule has 0 aromatic carbocycles. The van der Waals surface area contributed by atoms with E-state index < -0.39 is 4.92 Å². The van der Waals surface area contributed by atoms with Crippen LogP contribution < -0.4 is 10.6 Å². The summed E-state index contributed by atoms with van der Waals surface area (Å²) < 4.78 is 1.89. The van der Waals surface area contributed by atoms with Crippen molar-refractivity contribution in [1.82, 2.24) is 19.5 Å². The number of aryl methyl sites for hydroxylation is 1. The number of anilines is 2. The first-order valence-electron chi connectivity index (χ1n) is 6.44. The van der Waals surface area contributed by atoms with Crippen LogP contribution in [0.25, 0.3) is 0 Å². The van der Waals surface area contributed by atoms with Crippen LogP contribution in [0.2, 0.25) is 0 Å². The van der Waals surface area contributed by atoms with Gasteiger partial charge >= 0.3 is 5.69 Å². The molecule has 0 radical (unpaired) electrons. The molecule has 2 rings (SSSR count). The van der Waals surface area contributed by atoms with Gasteiger partial charge in [-0.2, -0.15) is 4.98 Å². The molecule has 112 valence electrons. The molecule has 1 unspecified atom stereocenters. The minimum absolute atomic E-state index is 0.0584. The normalized spacial score (nSPS) is 12.0. The van der Waals surface area contributed by atoms with Gasteiger partial charge in [0.1, 0.15) is 5.69 Å². The first kappa shape index (κ1) is 14.7. The van der Waals surface area contributed by atoms with Gasteiger partial charge in [-0.05, 0) is 13.8 Å². The first-order chi connectivity index (χ1) is 10.0. The molecule has 0 saturated carbocycles. The lowest BCUT2D eigenvalue weighted by atomic mass is 10.3. The highest BCUT2D eigenvalue weighted by molar-refractivity contribution is 5.61. The molecule has 9 nitrogen and oxygen atoms in total. The Morgan fingerprint density at radius 2 is 2.24 bits per heavy atom. The molecule has 9 heteroatoms. The highest BCUT2D eigenvalue weighted by atomic mass is 16.6. The summed E-state index contributed by atoms with van der Waals surface area (Å²) >= 11 is 0. The number of rotatable bonds is 6.